The van der Waals surface area contributed by atoms with E-state index in [1.165, 1.54) is 6.07 Å². The maximum absolute atomic E-state index is 12.9. The second-order valence-corrected chi connectivity index (χ2v) is 3.04. The maximum Gasteiger partial charge on any atom is 0.334 e. The van der Waals surface area contributed by atoms with Crippen LogP contribution in [0.15, 0.2) is 30.4 Å². The average molecular weight is 224 g/mol. The Bertz CT molecular complexity index is 440. The molecule has 0 fully saturated rings. The molecule has 5 heteroatoms. The minimum Gasteiger partial charge on any atom is -0.489 e. The number of carbonyl (C=O) groups is 2. The molecule has 0 unspecified atom stereocenters. The van der Waals surface area contributed by atoms with Gasteiger partial charge < -0.3 is 9.84 Å². The van der Waals surface area contributed by atoms with Crippen molar-refractivity contribution in [1.29, 1.82) is 0 Å². The predicted molar refractivity (Wildman–Crippen MR) is 54.1 cm³/mol. The topological polar surface area (TPSA) is 63.6 Å². The van der Waals surface area contributed by atoms with Crippen LogP contribution in [0.25, 0.3) is 0 Å². The minimum absolute atomic E-state index is 0.0875. The van der Waals surface area contributed by atoms with Crippen molar-refractivity contribution >= 4 is 12.3 Å². The van der Waals surface area contributed by atoms with E-state index >= 15 is 0 Å². The Kier molecular flexibility index (Phi) is 3.77. The molecule has 16 heavy (non-hydrogen) atoms. The Morgan fingerprint density at radius 2 is 2.19 bits per heavy atom. The van der Waals surface area contributed by atoms with Crippen LogP contribution in [0.2, 0.25) is 0 Å². The van der Waals surface area contributed by atoms with Crippen molar-refractivity contribution in [3.63, 3.8) is 0 Å². The molecule has 0 radical (unpaired) electrons. The summed E-state index contributed by atoms with van der Waals surface area (Å²) in [4.78, 5) is 20.8. The highest BCUT2D eigenvalue weighted by atomic mass is 19.1. The van der Waals surface area contributed by atoms with Crippen molar-refractivity contribution in [1.82, 2.24) is 0 Å². The first-order chi connectivity index (χ1) is 7.52. The summed E-state index contributed by atoms with van der Waals surface area (Å²) in [5.41, 5.74) is -0.0344. The van der Waals surface area contributed by atoms with Gasteiger partial charge in [0, 0.05) is 11.6 Å². The first-order valence-electron chi connectivity index (χ1n) is 4.32. The van der Waals surface area contributed by atoms with E-state index in [1.807, 2.05) is 0 Å². The predicted octanol–water partition coefficient (Wildman–Crippen LogP) is 1.66. The molecule has 84 valence electrons. The minimum atomic E-state index is -1.19. The molecule has 0 saturated heterocycles. The lowest BCUT2D eigenvalue weighted by Crippen LogP contribution is -2.09. The molecule has 1 aromatic rings. The SMILES string of the molecule is C=C(COc1cc(F)cc(C=O)c1)C(=O)O. The monoisotopic (exact) mass is 224 g/mol. The molecule has 4 nitrogen and oxygen atoms in total. The van der Waals surface area contributed by atoms with Gasteiger partial charge in [-0.1, -0.05) is 6.58 Å². The summed E-state index contributed by atoms with van der Waals surface area (Å²) in [6, 6.07) is 3.42. The van der Waals surface area contributed by atoms with E-state index in [0.29, 0.717) is 6.29 Å². The van der Waals surface area contributed by atoms with Crippen molar-refractivity contribution in [3.05, 3.63) is 41.7 Å². The first-order valence-corrected chi connectivity index (χ1v) is 4.32. The van der Waals surface area contributed by atoms with Crippen LogP contribution in [0.4, 0.5) is 4.39 Å². The van der Waals surface area contributed by atoms with Gasteiger partial charge in [0.25, 0.3) is 0 Å². The van der Waals surface area contributed by atoms with Gasteiger partial charge in [0.1, 0.15) is 24.5 Å². The highest BCUT2D eigenvalue weighted by Gasteiger charge is 2.06. The fraction of sp³-hybridized carbons (Fsp3) is 0.0909. The molecule has 0 aliphatic heterocycles. The molecule has 0 saturated carbocycles. The van der Waals surface area contributed by atoms with Crippen molar-refractivity contribution in [2.45, 2.75) is 0 Å². The number of carbonyl (C=O) groups excluding carboxylic acids is 1. The zero-order chi connectivity index (χ0) is 12.1. The number of hydrogen-bond donors (Lipinski definition) is 1. The number of hydrogen-bond acceptors (Lipinski definition) is 3. The molecular weight excluding hydrogens is 215 g/mol. The normalized spacial score (nSPS) is 9.56. The zero-order valence-corrected chi connectivity index (χ0v) is 8.27. The molecule has 1 rings (SSSR count). The van der Waals surface area contributed by atoms with Crippen molar-refractivity contribution in [2.24, 2.45) is 0 Å². The molecule has 0 atom stereocenters. The third-order valence-corrected chi connectivity index (χ3v) is 1.75. The molecule has 0 aliphatic rings. The smallest absolute Gasteiger partial charge is 0.334 e. The highest BCUT2D eigenvalue weighted by Crippen LogP contribution is 2.15. The summed E-state index contributed by atoms with van der Waals surface area (Å²) in [6.07, 6.45) is 0.474. The van der Waals surface area contributed by atoms with E-state index in [-0.39, 0.29) is 23.5 Å². The zero-order valence-electron chi connectivity index (χ0n) is 8.27. The molecule has 0 amide bonds. The van der Waals surface area contributed by atoms with E-state index in [4.69, 9.17) is 9.84 Å². The van der Waals surface area contributed by atoms with Gasteiger partial charge in [-0.2, -0.15) is 0 Å². The summed E-state index contributed by atoms with van der Waals surface area (Å²) >= 11 is 0. The van der Waals surface area contributed by atoms with Crippen LogP contribution < -0.4 is 4.74 Å². The molecule has 0 aromatic heterocycles. The number of aliphatic carboxylic acids is 1. The van der Waals surface area contributed by atoms with Crippen LogP contribution in [-0.2, 0) is 4.79 Å². The summed E-state index contributed by atoms with van der Waals surface area (Å²) in [5, 5.41) is 8.51. The summed E-state index contributed by atoms with van der Waals surface area (Å²) < 4.78 is 17.9. The lowest BCUT2D eigenvalue weighted by Gasteiger charge is -2.06. The second-order valence-electron chi connectivity index (χ2n) is 3.04. The fourth-order valence-corrected chi connectivity index (χ4v) is 0.968. The quantitative estimate of drug-likeness (QED) is 0.610. The third-order valence-electron chi connectivity index (χ3n) is 1.75. The van der Waals surface area contributed by atoms with Gasteiger partial charge in [-0.05, 0) is 12.1 Å². The number of carboxylic acid groups (broad SMARTS) is 1. The van der Waals surface area contributed by atoms with Crippen molar-refractivity contribution < 1.29 is 23.8 Å². The van der Waals surface area contributed by atoms with Gasteiger partial charge in [-0.25, -0.2) is 9.18 Å². The maximum atomic E-state index is 12.9. The van der Waals surface area contributed by atoms with E-state index in [9.17, 15) is 14.0 Å². The number of benzene rings is 1. The van der Waals surface area contributed by atoms with Gasteiger partial charge in [-0.3, -0.25) is 4.79 Å². The number of rotatable bonds is 5. The van der Waals surface area contributed by atoms with Crippen LogP contribution in [-0.4, -0.2) is 24.0 Å². The lowest BCUT2D eigenvalue weighted by atomic mass is 10.2. The van der Waals surface area contributed by atoms with E-state index in [0.717, 1.165) is 12.1 Å². The average Bonchev–Trinajstić information content (AvgIpc) is 2.24. The van der Waals surface area contributed by atoms with E-state index < -0.39 is 11.8 Å². The lowest BCUT2D eigenvalue weighted by molar-refractivity contribution is -0.133. The summed E-state index contributed by atoms with van der Waals surface area (Å²) in [7, 11) is 0. The molecule has 0 heterocycles. The van der Waals surface area contributed by atoms with Gasteiger partial charge in [-0.15, -0.1) is 0 Å². The third kappa shape index (κ3) is 3.20. The van der Waals surface area contributed by atoms with Gasteiger partial charge >= 0.3 is 5.97 Å². The summed E-state index contributed by atoms with van der Waals surface area (Å²) in [5.74, 6) is -1.72. The highest BCUT2D eigenvalue weighted by molar-refractivity contribution is 5.86. The van der Waals surface area contributed by atoms with Crippen LogP contribution in [0.3, 0.4) is 0 Å². The van der Waals surface area contributed by atoms with Gasteiger partial charge in [0.2, 0.25) is 0 Å². The number of halogens is 1. The second kappa shape index (κ2) is 5.06. The standard InChI is InChI=1S/C11H9FO4/c1-7(11(14)15)6-16-10-3-8(5-13)2-9(12)4-10/h2-5H,1,6H2,(H,14,15). The van der Waals surface area contributed by atoms with Crippen molar-refractivity contribution in [3.8, 4) is 5.75 Å². The molecule has 0 aliphatic carbocycles. The van der Waals surface area contributed by atoms with Crippen LogP contribution in [0.5, 0.6) is 5.75 Å². The Balaban J connectivity index is 2.74. The summed E-state index contributed by atoms with van der Waals surface area (Å²) in [6.45, 7) is 2.98. The van der Waals surface area contributed by atoms with Gasteiger partial charge in [0.15, 0.2) is 0 Å². The Morgan fingerprint density at radius 1 is 1.50 bits per heavy atom. The largest absolute Gasteiger partial charge is 0.489 e. The van der Waals surface area contributed by atoms with Crippen LogP contribution in [0.1, 0.15) is 10.4 Å². The molecule has 1 N–H and O–H groups in total. The molecule has 0 spiro atoms. The first kappa shape index (κ1) is 11.9. The molecular formula is C11H9FO4. The molecule has 1 aromatic carbocycles. The van der Waals surface area contributed by atoms with E-state index in [1.54, 1.807) is 0 Å². The van der Waals surface area contributed by atoms with Gasteiger partial charge in [0.05, 0.1) is 5.57 Å². The van der Waals surface area contributed by atoms with Crippen LogP contribution >= 0.6 is 0 Å². The Labute approximate surface area is 91.0 Å². The van der Waals surface area contributed by atoms with Crippen LogP contribution in [0, 0.1) is 5.82 Å². The Morgan fingerprint density at radius 3 is 2.75 bits per heavy atom. The van der Waals surface area contributed by atoms with Crippen molar-refractivity contribution in [2.75, 3.05) is 6.61 Å². The number of ether oxygens (including phenoxy) is 1. The van der Waals surface area contributed by atoms with E-state index in [2.05, 4.69) is 6.58 Å². The Hall–Kier alpha value is -2.17. The fourth-order valence-electron chi connectivity index (χ4n) is 0.968. The number of aldehydes is 1. The number of carboxylic acids is 1. The molecule has 0 bridgehead atoms.